The summed E-state index contributed by atoms with van der Waals surface area (Å²) < 4.78 is 27.1. The van der Waals surface area contributed by atoms with Crippen molar-refractivity contribution in [2.24, 2.45) is 0 Å². The lowest BCUT2D eigenvalue weighted by molar-refractivity contribution is 0.0769. The fourth-order valence-corrected chi connectivity index (χ4v) is 5.57. The van der Waals surface area contributed by atoms with Gasteiger partial charge in [0.2, 0.25) is 10.0 Å². The molecule has 2 bridgehead atoms. The van der Waals surface area contributed by atoms with E-state index in [1.54, 1.807) is 0 Å². The van der Waals surface area contributed by atoms with Gasteiger partial charge >= 0.3 is 0 Å². The van der Waals surface area contributed by atoms with Gasteiger partial charge in [0.1, 0.15) is 6.07 Å². The van der Waals surface area contributed by atoms with E-state index in [9.17, 15) is 13.5 Å². The summed E-state index contributed by atoms with van der Waals surface area (Å²) in [7, 11) is -3.64. The predicted molar refractivity (Wildman–Crippen MR) is 77.2 cm³/mol. The van der Waals surface area contributed by atoms with Crippen LogP contribution < -0.4 is 0 Å². The number of nitriles is 1. The number of piperidine rings is 1. The number of rotatable bonds is 2. The van der Waals surface area contributed by atoms with Crippen LogP contribution in [0.2, 0.25) is 5.02 Å². The first-order valence-electron chi connectivity index (χ1n) is 6.84. The van der Waals surface area contributed by atoms with E-state index in [4.69, 9.17) is 16.9 Å². The van der Waals surface area contributed by atoms with Crippen molar-refractivity contribution < 1.29 is 13.5 Å². The zero-order valence-corrected chi connectivity index (χ0v) is 12.8. The standard InChI is InChI=1S/C14H15ClN2O3S/c15-14-7-13(4-1-9(14)8-16)21(19,20)17-10-2-3-11(17)6-12(18)5-10/h1,4,7,10-12,18H,2-3,5-6H2. The van der Waals surface area contributed by atoms with E-state index in [0.29, 0.717) is 12.8 Å². The SMILES string of the molecule is N#Cc1ccc(S(=O)(=O)N2C3CCC2CC(O)C3)cc1Cl. The summed E-state index contributed by atoms with van der Waals surface area (Å²) in [6.45, 7) is 0. The highest BCUT2D eigenvalue weighted by Gasteiger charge is 2.46. The molecule has 2 heterocycles. The average Bonchev–Trinajstić information content (AvgIpc) is 2.72. The molecule has 2 saturated heterocycles. The number of hydrogen-bond donors (Lipinski definition) is 1. The average molecular weight is 327 g/mol. The number of sulfonamides is 1. The van der Waals surface area contributed by atoms with Crippen molar-refractivity contribution in [2.45, 2.75) is 48.8 Å². The fraction of sp³-hybridized carbons (Fsp3) is 0.500. The number of nitrogens with zero attached hydrogens (tertiary/aromatic N) is 2. The largest absolute Gasteiger partial charge is 0.393 e. The van der Waals surface area contributed by atoms with E-state index in [-0.39, 0.29) is 27.6 Å². The summed E-state index contributed by atoms with van der Waals surface area (Å²) in [5.74, 6) is 0. The zero-order valence-electron chi connectivity index (χ0n) is 11.2. The molecule has 0 radical (unpaired) electrons. The maximum atomic E-state index is 12.8. The third kappa shape index (κ3) is 2.44. The first-order valence-corrected chi connectivity index (χ1v) is 8.66. The first kappa shape index (κ1) is 14.8. The molecule has 2 fully saturated rings. The molecule has 1 aromatic carbocycles. The molecule has 0 amide bonds. The van der Waals surface area contributed by atoms with Gasteiger partial charge in [0.25, 0.3) is 0 Å². The lowest BCUT2D eigenvalue weighted by atomic mass is 10.0. The van der Waals surface area contributed by atoms with Crippen LogP contribution in [0, 0.1) is 11.3 Å². The van der Waals surface area contributed by atoms with Crippen molar-refractivity contribution >= 4 is 21.6 Å². The van der Waals surface area contributed by atoms with Crippen molar-refractivity contribution in [3.63, 3.8) is 0 Å². The monoisotopic (exact) mass is 326 g/mol. The van der Waals surface area contributed by atoms with Gasteiger partial charge in [-0.05, 0) is 43.9 Å². The van der Waals surface area contributed by atoms with E-state index in [0.717, 1.165) is 12.8 Å². The summed E-state index contributed by atoms with van der Waals surface area (Å²) in [5, 5.41) is 18.8. The molecule has 7 heteroatoms. The second-order valence-electron chi connectivity index (χ2n) is 5.60. The molecule has 2 aliphatic rings. The molecule has 2 unspecified atom stereocenters. The van der Waals surface area contributed by atoms with Crippen LogP contribution in [0.25, 0.3) is 0 Å². The van der Waals surface area contributed by atoms with Gasteiger partial charge in [0.05, 0.1) is 21.6 Å². The Labute approximate surface area is 128 Å². The smallest absolute Gasteiger partial charge is 0.243 e. The highest BCUT2D eigenvalue weighted by molar-refractivity contribution is 7.89. The van der Waals surface area contributed by atoms with Crippen LogP contribution in [-0.2, 0) is 10.0 Å². The van der Waals surface area contributed by atoms with Crippen LogP contribution in [-0.4, -0.2) is 36.0 Å². The van der Waals surface area contributed by atoms with Crippen LogP contribution >= 0.6 is 11.6 Å². The Morgan fingerprint density at radius 1 is 1.29 bits per heavy atom. The Bertz CT molecular complexity index is 699. The summed E-state index contributed by atoms with van der Waals surface area (Å²) in [5.41, 5.74) is 0.257. The normalized spacial score (nSPS) is 29.3. The second-order valence-corrected chi connectivity index (χ2v) is 7.85. The number of hydrogen-bond acceptors (Lipinski definition) is 4. The number of halogens is 1. The predicted octanol–water partition coefficient (Wildman–Crippen LogP) is 1.89. The molecule has 21 heavy (non-hydrogen) atoms. The molecule has 3 rings (SSSR count). The van der Waals surface area contributed by atoms with Gasteiger partial charge < -0.3 is 5.11 Å². The zero-order chi connectivity index (χ0) is 15.2. The molecule has 0 aliphatic carbocycles. The van der Waals surface area contributed by atoms with Crippen LogP contribution in [0.15, 0.2) is 23.1 Å². The number of fused-ring (bicyclic) bond motifs is 2. The minimum absolute atomic E-state index is 0.111. The molecule has 112 valence electrons. The second kappa shape index (κ2) is 5.25. The molecular weight excluding hydrogens is 312 g/mol. The molecule has 0 saturated carbocycles. The lowest BCUT2D eigenvalue weighted by Crippen LogP contribution is -2.47. The summed E-state index contributed by atoms with van der Waals surface area (Å²) >= 11 is 5.94. The third-order valence-corrected chi connectivity index (χ3v) is 6.59. The summed E-state index contributed by atoms with van der Waals surface area (Å²) in [6.07, 6.45) is 2.12. The van der Waals surface area contributed by atoms with E-state index in [1.165, 1.54) is 22.5 Å². The topological polar surface area (TPSA) is 81.4 Å². The molecule has 0 aromatic heterocycles. The van der Waals surface area contributed by atoms with Gasteiger partial charge in [0, 0.05) is 12.1 Å². The summed E-state index contributed by atoms with van der Waals surface area (Å²) in [4.78, 5) is 0.111. The number of aliphatic hydroxyl groups excluding tert-OH is 1. The van der Waals surface area contributed by atoms with Crippen molar-refractivity contribution in [3.8, 4) is 6.07 Å². The van der Waals surface area contributed by atoms with Crippen molar-refractivity contribution in [1.29, 1.82) is 5.26 Å². The van der Waals surface area contributed by atoms with Crippen LogP contribution in [0.5, 0.6) is 0 Å². The highest BCUT2D eigenvalue weighted by atomic mass is 35.5. The highest BCUT2D eigenvalue weighted by Crippen LogP contribution is 2.40. The number of benzene rings is 1. The maximum absolute atomic E-state index is 12.8. The van der Waals surface area contributed by atoms with Gasteiger partial charge in [-0.15, -0.1) is 0 Å². The Balaban J connectivity index is 1.98. The van der Waals surface area contributed by atoms with Gasteiger partial charge in [-0.25, -0.2) is 8.42 Å². The van der Waals surface area contributed by atoms with E-state index >= 15 is 0 Å². The Kier molecular flexibility index (Phi) is 3.70. The minimum atomic E-state index is -3.64. The Morgan fingerprint density at radius 2 is 1.90 bits per heavy atom. The molecule has 0 spiro atoms. The van der Waals surface area contributed by atoms with Crippen molar-refractivity contribution in [1.82, 2.24) is 4.31 Å². The summed E-state index contributed by atoms with van der Waals surface area (Å²) in [6, 6.07) is 5.82. The van der Waals surface area contributed by atoms with Gasteiger partial charge in [-0.1, -0.05) is 11.6 Å². The van der Waals surface area contributed by atoms with Gasteiger partial charge in [0.15, 0.2) is 0 Å². The van der Waals surface area contributed by atoms with Crippen LogP contribution in [0.1, 0.15) is 31.2 Å². The molecule has 1 N–H and O–H groups in total. The molecule has 2 aliphatic heterocycles. The molecular formula is C14H15ClN2O3S. The maximum Gasteiger partial charge on any atom is 0.243 e. The Morgan fingerprint density at radius 3 is 2.43 bits per heavy atom. The van der Waals surface area contributed by atoms with Crippen LogP contribution in [0.3, 0.4) is 0 Å². The molecule has 1 aromatic rings. The fourth-order valence-electron chi connectivity index (χ4n) is 3.37. The first-order chi connectivity index (χ1) is 9.93. The van der Waals surface area contributed by atoms with Crippen LogP contribution in [0.4, 0.5) is 0 Å². The van der Waals surface area contributed by atoms with Crippen molar-refractivity contribution in [2.75, 3.05) is 0 Å². The van der Waals surface area contributed by atoms with E-state index < -0.39 is 16.1 Å². The minimum Gasteiger partial charge on any atom is -0.393 e. The van der Waals surface area contributed by atoms with E-state index in [1.807, 2.05) is 6.07 Å². The Hall–Kier alpha value is -1.13. The van der Waals surface area contributed by atoms with Crippen molar-refractivity contribution in [3.05, 3.63) is 28.8 Å². The van der Waals surface area contributed by atoms with Gasteiger partial charge in [-0.2, -0.15) is 9.57 Å². The molecule has 2 atom stereocenters. The third-order valence-electron chi connectivity index (χ3n) is 4.28. The van der Waals surface area contributed by atoms with E-state index in [2.05, 4.69) is 0 Å². The lowest BCUT2D eigenvalue weighted by Gasteiger charge is -2.36. The quantitative estimate of drug-likeness (QED) is 0.899. The van der Waals surface area contributed by atoms with Gasteiger partial charge in [-0.3, -0.25) is 0 Å². The molecule has 5 nitrogen and oxygen atoms in total. The number of aliphatic hydroxyl groups is 1.